The number of benzene rings is 1. The molecule has 9 heteroatoms. The van der Waals surface area contributed by atoms with Gasteiger partial charge in [-0.25, -0.2) is 4.79 Å². The zero-order chi connectivity index (χ0) is 21.9. The Bertz CT molecular complexity index is 757. The van der Waals surface area contributed by atoms with Gasteiger partial charge in [0.15, 0.2) is 0 Å². The summed E-state index contributed by atoms with van der Waals surface area (Å²) in [5.41, 5.74) is -0.411. The number of rotatable bonds is 7. The molecule has 0 saturated heterocycles. The number of fused-ring (bicyclic) bond motifs is 1. The molecular weight excluding hydrogens is 391 g/mol. The highest BCUT2D eigenvalue weighted by Crippen LogP contribution is 2.41. The fraction of sp³-hybridized carbons (Fsp3) is 0.600. The van der Waals surface area contributed by atoms with Crippen LogP contribution in [-0.2, 0) is 21.5 Å². The van der Waals surface area contributed by atoms with Crippen LogP contribution in [0.15, 0.2) is 18.2 Å². The Morgan fingerprint density at radius 2 is 1.93 bits per heavy atom. The van der Waals surface area contributed by atoms with Gasteiger partial charge in [0.2, 0.25) is 0 Å². The van der Waals surface area contributed by atoms with E-state index in [9.17, 15) is 27.9 Å². The van der Waals surface area contributed by atoms with Crippen molar-refractivity contribution in [1.82, 2.24) is 5.32 Å². The zero-order valence-corrected chi connectivity index (χ0v) is 16.7. The van der Waals surface area contributed by atoms with Gasteiger partial charge in [0.05, 0.1) is 18.6 Å². The number of hydrogen-bond donors (Lipinski definition) is 2. The standard InChI is InChI=1S/C20H26F3NO5/c1-18(2,3)29-17(27)24-19(12-16(25)26)9-7-13-11-14(5-6-15(13)19)28-10-4-8-20(21,22)23/h5-6,11H,4,7-10,12H2,1-3H3,(H,24,27)(H,25,26)/t19-/m0/s1. The summed E-state index contributed by atoms with van der Waals surface area (Å²) >= 11 is 0. The van der Waals surface area contributed by atoms with Gasteiger partial charge in [0, 0.05) is 6.42 Å². The van der Waals surface area contributed by atoms with Crippen LogP contribution < -0.4 is 10.1 Å². The number of carboxylic acid groups (broad SMARTS) is 1. The maximum Gasteiger partial charge on any atom is 0.408 e. The number of ether oxygens (including phenoxy) is 2. The lowest BCUT2D eigenvalue weighted by atomic mass is 9.88. The monoisotopic (exact) mass is 417 g/mol. The van der Waals surface area contributed by atoms with Gasteiger partial charge in [-0.3, -0.25) is 4.79 Å². The van der Waals surface area contributed by atoms with Crippen molar-refractivity contribution in [3.8, 4) is 5.75 Å². The summed E-state index contributed by atoms with van der Waals surface area (Å²) in [6.07, 6.45) is -5.44. The van der Waals surface area contributed by atoms with Gasteiger partial charge < -0.3 is 19.9 Å². The Hall–Kier alpha value is -2.45. The van der Waals surface area contributed by atoms with E-state index in [0.29, 0.717) is 24.2 Å². The average Bonchev–Trinajstić information content (AvgIpc) is 2.86. The van der Waals surface area contributed by atoms with Crippen LogP contribution in [0.5, 0.6) is 5.75 Å². The van der Waals surface area contributed by atoms with Gasteiger partial charge in [0.1, 0.15) is 11.4 Å². The molecule has 0 heterocycles. The predicted octanol–water partition coefficient (Wildman–Crippen LogP) is 4.55. The summed E-state index contributed by atoms with van der Waals surface area (Å²) in [6.45, 7) is 5.05. The number of hydrogen-bond acceptors (Lipinski definition) is 4. The van der Waals surface area contributed by atoms with E-state index in [2.05, 4.69) is 5.32 Å². The highest BCUT2D eigenvalue weighted by Gasteiger charge is 2.43. The highest BCUT2D eigenvalue weighted by molar-refractivity contribution is 5.74. The Morgan fingerprint density at radius 3 is 2.52 bits per heavy atom. The molecule has 2 N–H and O–H groups in total. The summed E-state index contributed by atoms with van der Waals surface area (Å²) in [5, 5.41) is 12.1. The van der Waals surface area contributed by atoms with Crippen molar-refractivity contribution in [2.75, 3.05) is 6.61 Å². The van der Waals surface area contributed by atoms with Gasteiger partial charge in [-0.1, -0.05) is 6.07 Å². The maximum absolute atomic E-state index is 12.3. The Kier molecular flexibility index (Phi) is 6.70. The second kappa shape index (κ2) is 8.51. The summed E-state index contributed by atoms with van der Waals surface area (Å²) < 4.78 is 47.3. The second-order valence-electron chi connectivity index (χ2n) is 8.17. The fourth-order valence-corrected chi connectivity index (χ4v) is 3.39. The number of amides is 1. The lowest BCUT2D eigenvalue weighted by Gasteiger charge is -2.31. The third-order valence-electron chi connectivity index (χ3n) is 4.48. The summed E-state index contributed by atoms with van der Waals surface area (Å²) in [4.78, 5) is 23.7. The molecule has 6 nitrogen and oxygen atoms in total. The topological polar surface area (TPSA) is 84.9 Å². The van der Waals surface area contributed by atoms with Gasteiger partial charge >= 0.3 is 18.2 Å². The number of aryl methyl sites for hydroxylation is 1. The van der Waals surface area contributed by atoms with Crippen LogP contribution in [0.2, 0.25) is 0 Å². The molecule has 0 unspecified atom stereocenters. The number of carbonyl (C=O) groups is 2. The molecule has 0 radical (unpaired) electrons. The van der Waals surface area contributed by atoms with E-state index in [1.165, 1.54) is 0 Å². The van der Waals surface area contributed by atoms with Crippen LogP contribution in [0.4, 0.5) is 18.0 Å². The van der Waals surface area contributed by atoms with Crippen molar-refractivity contribution in [3.05, 3.63) is 29.3 Å². The summed E-state index contributed by atoms with van der Waals surface area (Å²) in [5.74, 6) is -0.657. The molecule has 1 amide bonds. The molecule has 162 valence electrons. The number of nitrogens with one attached hydrogen (secondary N) is 1. The van der Waals surface area contributed by atoms with E-state index in [0.717, 1.165) is 5.56 Å². The number of alkyl halides is 3. The molecular formula is C20H26F3NO5. The van der Waals surface area contributed by atoms with Crippen LogP contribution in [0.1, 0.15) is 57.6 Å². The minimum Gasteiger partial charge on any atom is -0.494 e. The summed E-state index contributed by atoms with van der Waals surface area (Å²) in [6, 6.07) is 4.91. The lowest BCUT2D eigenvalue weighted by molar-refractivity contribution is -0.139. The van der Waals surface area contributed by atoms with Crippen molar-refractivity contribution >= 4 is 12.1 Å². The Balaban J connectivity index is 2.14. The average molecular weight is 417 g/mol. The molecule has 1 atom stereocenters. The minimum atomic E-state index is -4.22. The van der Waals surface area contributed by atoms with Gasteiger partial charge in [-0.15, -0.1) is 0 Å². The van der Waals surface area contributed by atoms with Gasteiger partial charge in [-0.05, 0) is 63.3 Å². The molecule has 2 rings (SSSR count). The number of carboxylic acids is 1. The number of alkyl carbamates (subject to hydrolysis) is 1. The molecule has 29 heavy (non-hydrogen) atoms. The van der Waals surface area contributed by atoms with E-state index >= 15 is 0 Å². The molecule has 0 aromatic heterocycles. The van der Waals surface area contributed by atoms with E-state index in [1.54, 1.807) is 39.0 Å². The maximum atomic E-state index is 12.3. The van der Waals surface area contributed by atoms with Gasteiger partial charge in [0.25, 0.3) is 0 Å². The third-order valence-corrected chi connectivity index (χ3v) is 4.48. The quantitative estimate of drug-likeness (QED) is 0.636. The molecule has 1 aliphatic carbocycles. The van der Waals surface area contributed by atoms with Crippen LogP contribution in [0.25, 0.3) is 0 Å². The van der Waals surface area contributed by atoms with E-state index in [4.69, 9.17) is 9.47 Å². The van der Waals surface area contributed by atoms with Crippen LogP contribution in [0.3, 0.4) is 0 Å². The lowest BCUT2D eigenvalue weighted by Crippen LogP contribution is -2.47. The van der Waals surface area contributed by atoms with Crippen molar-refractivity contribution in [3.63, 3.8) is 0 Å². The Morgan fingerprint density at radius 1 is 1.24 bits per heavy atom. The Labute approximate surface area is 167 Å². The third kappa shape index (κ3) is 6.83. The van der Waals surface area contributed by atoms with Crippen molar-refractivity contribution in [1.29, 1.82) is 0 Å². The van der Waals surface area contributed by atoms with E-state index in [-0.39, 0.29) is 19.4 Å². The zero-order valence-electron chi connectivity index (χ0n) is 16.7. The van der Waals surface area contributed by atoms with E-state index < -0.39 is 35.8 Å². The number of halogens is 3. The molecule has 0 bridgehead atoms. The molecule has 1 aromatic rings. The second-order valence-corrected chi connectivity index (χ2v) is 8.17. The number of carbonyl (C=O) groups excluding carboxylic acids is 1. The molecule has 1 aromatic carbocycles. The molecule has 0 spiro atoms. The fourth-order valence-electron chi connectivity index (χ4n) is 3.39. The first-order valence-corrected chi connectivity index (χ1v) is 9.36. The minimum absolute atomic E-state index is 0.0747. The highest BCUT2D eigenvalue weighted by atomic mass is 19.4. The SMILES string of the molecule is CC(C)(C)OC(=O)N[C@]1(CC(=O)O)CCc2cc(OCCCC(F)(F)F)ccc21. The van der Waals surface area contributed by atoms with Crippen LogP contribution >= 0.6 is 0 Å². The van der Waals surface area contributed by atoms with Crippen molar-refractivity contribution in [2.24, 2.45) is 0 Å². The van der Waals surface area contributed by atoms with Gasteiger partial charge in [-0.2, -0.15) is 13.2 Å². The first kappa shape index (κ1) is 22.8. The first-order valence-electron chi connectivity index (χ1n) is 9.36. The molecule has 0 saturated carbocycles. The number of aliphatic carboxylic acids is 1. The predicted molar refractivity (Wildman–Crippen MR) is 98.8 cm³/mol. The normalized spacial score (nSPS) is 18.8. The van der Waals surface area contributed by atoms with E-state index in [1.807, 2.05) is 0 Å². The largest absolute Gasteiger partial charge is 0.494 e. The smallest absolute Gasteiger partial charge is 0.408 e. The van der Waals surface area contributed by atoms with Crippen molar-refractivity contribution < 1.29 is 37.3 Å². The van der Waals surface area contributed by atoms with Crippen LogP contribution in [0, 0.1) is 0 Å². The summed E-state index contributed by atoms with van der Waals surface area (Å²) in [7, 11) is 0. The van der Waals surface area contributed by atoms with Crippen LogP contribution in [-0.4, -0.2) is 35.6 Å². The van der Waals surface area contributed by atoms with Crippen molar-refractivity contribution in [2.45, 2.75) is 70.2 Å². The molecule has 0 fully saturated rings. The molecule has 0 aliphatic heterocycles. The molecule has 1 aliphatic rings. The first-order chi connectivity index (χ1) is 13.3.